The van der Waals surface area contributed by atoms with Gasteiger partial charge in [-0.1, -0.05) is 44.5 Å². The Morgan fingerprint density at radius 2 is 1.93 bits per heavy atom. The maximum Gasteiger partial charge on any atom is 0.353 e. The number of aromatic nitrogens is 1. The minimum absolute atomic E-state index is 0.0924. The van der Waals surface area contributed by atoms with Crippen LogP contribution in [0.1, 0.15) is 41.9 Å². The predicted molar refractivity (Wildman–Crippen MR) is 110 cm³/mol. The maximum absolute atomic E-state index is 11.5. The highest BCUT2D eigenvalue weighted by Gasteiger charge is 2.20. The van der Waals surface area contributed by atoms with Gasteiger partial charge in [0.2, 0.25) is 0 Å². The topological polar surface area (TPSA) is 90.7 Å². The number of aryl methyl sites for hydroxylation is 1. The number of hydrogen-bond acceptors (Lipinski definition) is 4. The van der Waals surface area contributed by atoms with Crippen LogP contribution in [0.3, 0.4) is 0 Å². The molecule has 6 nitrogen and oxygen atoms in total. The van der Waals surface area contributed by atoms with Gasteiger partial charge in [0, 0.05) is 44.5 Å². The fraction of sp³-hybridized carbons (Fsp3) is 0.238. The highest BCUT2D eigenvalue weighted by Crippen LogP contribution is 2.29. The van der Waals surface area contributed by atoms with Crippen LogP contribution >= 0.6 is 0 Å². The molecule has 1 heterocycles. The normalized spacial score (nSPS) is 10.9. The summed E-state index contributed by atoms with van der Waals surface area (Å²) in [6, 6.07) is 9.24. The average molecular weight is 364 g/mol. The van der Waals surface area contributed by atoms with Crippen LogP contribution in [0.2, 0.25) is 0 Å². The molecular weight excluding hydrogens is 340 g/mol. The summed E-state index contributed by atoms with van der Waals surface area (Å²) >= 11 is 0. The van der Waals surface area contributed by atoms with E-state index in [4.69, 9.17) is 0 Å². The van der Waals surface area contributed by atoms with Crippen LogP contribution in [0.4, 0.5) is 0 Å². The van der Waals surface area contributed by atoms with Gasteiger partial charge in [-0.3, -0.25) is 9.98 Å². The third-order valence-electron chi connectivity index (χ3n) is 3.33. The van der Waals surface area contributed by atoms with Gasteiger partial charge in [-0.05, 0) is 17.2 Å². The molecule has 0 unspecified atom stereocenters. The summed E-state index contributed by atoms with van der Waals surface area (Å²) in [5.74, 6) is -1.07. The summed E-state index contributed by atoms with van der Waals surface area (Å²) < 4.78 is 1.45. The highest BCUT2D eigenvalue weighted by molar-refractivity contribution is 5.97. The van der Waals surface area contributed by atoms with Gasteiger partial charge in [0.1, 0.15) is 11.8 Å². The van der Waals surface area contributed by atoms with E-state index < -0.39 is 5.97 Å². The molecule has 0 bridgehead atoms. The summed E-state index contributed by atoms with van der Waals surface area (Å²) in [6.07, 6.45) is 9.42. The molecule has 0 amide bonds. The van der Waals surface area contributed by atoms with E-state index >= 15 is 0 Å². The van der Waals surface area contributed by atoms with Crippen molar-refractivity contribution in [3.8, 4) is 17.2 Å². The molecule has 0 aliphatic heterocycles. The second kappa shape index (κ2) is 11.2. The molecule has 1 aromatic carbocycles. The van der Waals surface area contributed by atoms with Crippen LogP contribution in [-0.2, 0) is 7.05 Å². The number of rotatable bonds is 5. The first-order valence-electron chi connectivity index (χ1n) is 8.53. The molecule has 2 rings (SSSR count). The molecule has 0 aliphatic carbocycles. The number of carbonyl (C=O) groups is 1. The number of benzene rings is 1. The smallest absolute Gasteiger partial charge is 0.353 e. The molecule has 0 aliphatic rings. The van der Waals surface area contributed by atoms with Crippen LogP contribution in [-0.4, -0.2) is 35.1 Å². The Hall–Kier alpha value is -3.46. The van der Waals surface area contributed by atoms with E-state index in [1.807, 2.05) is 18.2 Å². The Morgan fingerprint density at radius 1 is 1.30 bits per heavy atom. The molecule has 0 saturated heterocycles. The van der Waals surface area contributed by atoms with Crippen molar-refractivity contribution in [2.75, 3.05) is 7.05 Å². The number of nitriles is 1. The largest absolute Gasteiger partial charge is 0.477 e. The summed E-state index contributed by atoms with van der Waals surface area (Å²) in [5, 5.41) is 18.6. The Kier molecular flexibility index (Phi) is 8.96. The summed E-state index contributed by atoms with van der Waals surface area (Å²) in [5.41, 5.74) is 2.39. The minimum atomic E-state index is -1.07. The van der Waals surface area contributed by atoms with E-state index in [1.54, 1.807) is 50.9 Å². The first kappa shape index (κ1) is 21.6. The van der Waals surface area contributed by atoms with Gasteiger partial charge in [-0.25, -0.2) is 4.79 Å². The fourth-order valence-electron chi connectivity index (χ4n) is 2.30. The Labute approximate surface area is 159 Å². The van der Waals surface area contributed by atoms with Gasteiger partial charge < -0.3 is 9.67 Å². The SMILES string of the molecule is CCC.CN=C/C=C\N=Cc1ccc(-c2c(C#N)cn(C)c2C(=O)O)cc1. The highest BCUT2D eigenvalue weighted by atomic mass is 16.4. The lowest BCUT2D eigenvalue weighted by Gasteiger charge is -2.04. The maximum atomic E-state index is 11.5. The van der Waals surface area contributed by atoms with E-state index in [0.29, 0.717) is 16.7 Å². The fourth-order valence-corrected chi connectivity index (χ4v) is 2.30. The van der Waals surface area contributed by atoms with E-state index in [9.17, 15) is 15.2 Å². The second-order valence-corrected chi connectivity index (χ2v) is 5.65. The van der Waals surface area contributed by atoms with Gasteiger partial charge >= 0.3 is 5.97 Å². The lowest BCUT2D eigenvalue weighted by atomic mass is 10.0. The lowest BCUT2D eigenvalue weighted by molar-refractivity contribution is 0.0687. The van der Waals surface area contributed by atoms with Crippen molar-refractivity contribution >= 4 is 18.4 Å². The Morgan fingerprint density at radius 3 is 2.44 bits per heavy atom. The molecule has 0 saturated carbocycles. The molecule has 27 heavy (non-hydrogen) atoms. The Bertz CT molecular complexity index is 882. The number of nitrogens with zero attached hydrogens (tertiary/aromatic N) is 4. The van der Waals surface area contributed by atoms with Gasteiger partial charge in [0.05, 0.1) is 5.56 Å². The van der Waals surface area contributed by atoms with Crippen LogP contribution in [0, 0.1) is 11.3 Å². The number of carboxylic acid groups (broad SMARTS) is 1. The monoisotopic (exact) mass is 364 g/mol. The molecule has 6 heteroatoms. The molecule has 1 N–H and O–H groups in total. The van der Waals surface area contributed by atoms with Gasteiger partial charge in [-0.2, -0.15) is 5.26 Å². The molecule has 0 spiro atoms. The number of hydrogen-bond donors (Lipinski definition) is 1. The van der Waals surface area contributed by atoms with Crippen molar-refractivity contribution < 1.29 is 9.90 Å². The summed E-state index contributed by atoms with van der Waals surface area (Å²) in [4.78, 5) is 19.4. The van der Waals surface area contributed by atoms with Crippen LogP contribution in [0.25, 0.3) is 11.1 Å². The van der Waals surface area contributed by atoms with E-state index in [0.717, 1.165) is 5.56 Å². The van der Waals surface area contributed by atoms with Crippen molar-refractivity contribution in [1.29, 1.82) is 5.26 Å². The van der Waals surface area contributed by atoms with Gasteiger partial charge in [0.15, 0.2) is 0 Å². The molecule has 1 aromatic heterocycles. The van der Waals surface area contributed by atoms with Crippen molar-refractivity contribution in [1.82, 2.24) is 4.57 Å². The van der Waals surface area contributed by atoms with Crippen molar-refractivity contribution in [3.63, 3.8) is 0 Å². The molecule has 2 aromatic rings. The summed E-state index contributed by atoms with van der Waals surface area (Å²) in [7, 11) is 3.29. The van der Waals surface area contributed by atoms with Crippen molar-refractivity contribution in [2.45, 2.75) is 20.3 Å². The third-order valence-corrected chi connectivity index (χ3v) is 3.33. The van der Waals surface area contributed by atoms with E-state index in [2.05, 4.69) is 23.8 Å². The number of carboxylic acids is 1. The lowest BCUT2D eigenvalue weighted by Crippen LogP contribution is -2.05. The van der Waals surface area contributed by atoms with Crippen LogP contribution in [0.15, 0.2) is 52.7 Å². The van der Waals surface area contributed by atoms with Crippen LogP contribution < -0.4 is 0 Å². The zero-order valence-corrected chi connectivity index (χ0v) is 16.0. The van der Waals surface area contributed by atoms with E-state index in [1.165, 1.54) is 17.2 Å². The van der Waals surface area contributed by atoms with Gasteiger partial charge in [-0.15, -0.1) is 0 Å². The van der Waals surface area contributed by atoms with E-state index in [-0.39, 0.29) is 5.69 Å². The van der Waals surface area contributed by atoms with Crippen molar-refractivity contribution in [2.24, 2.45) is 17.0 Å². The average Bonchev–Trinajstić information content (AvgIpc) is 2.99. The molecule has 0 fully saturated rings. The third kappa shape index (κ3) is 6.08. The molecule has 0 radical (unpaired) electrons. The number of aliphatic imine (C=N–C) groups is 2. The molecule has 0 atom stereocenters. The van der Waals surface area contributed by atoms with Crippen molar-refractivity contribution in [3.05, 3.63) is 59.6 Å². The predicted octanol–water partition coefficient (Wildman–Crippen LogP) is 4.31. The van der Waals surface area contributed by atoms with Gasteiger partial charge in [0.25, 0.3) is 0 Å². The first-order valence-corrected chi connectivity index (χ1v) is 8.53. The minimum Gasteiger partial charge on any atom is -0.477 e. The quantitative estimate of drug-likeness (QED) is 0.801. The number of aromatic carboxylic acids is 1. The zero-order valence-electron chi connectivity index (χ0n) is 16.0. The number of allylic oxidation sites excluding steroid dienone is 1. The molecular formula is C21H24N4O2. The summed E-state index contributed by atoms with van der Waals surface area (Å²) in [6.45, 7) is 4.25. The second-order valence-electron chi connectivity index (χ2n) is 5.65. The zero-order chi connectivity index (χ0) is 20.2. The van der Waals surface area contributed by atoms with Crippen LogP contribution in [0.5, 0.6) is 0 Å². The Balaban J connectivity index is 0.00000114. The molecule has 140 valence electrons. The first-order chi connectivity index (χ1) is 13.0. The standard InChI is InChI=1S/C18H16N4O2.C3H8/c1-20-8-3-9-21-11-13-4-6-14(7-5-13)16-15(10-19)12-22(2)17(16)18(23)24;1-3-2/h3-9,11-12H,1-2H3,(H,23,24);3H2,1-2H3/b9-3-,20-8?,21-11?;.